The Morgan fingerprint density at radius 1 is 0.421 bits per heavy atom. The van der Waals surface area contributed by atoms with Gasteiger partial charge < -0.3 is 0 Å². The molecule has 0 aliphatic heterocycles. The summed E-state index contributed by atoms with van der Waals surface area (Å²) >= 11 is 0. The summed E-state index contributed by atoms with van der Waals surface area (Å²) in [5, 5.41) is 0. The van der Waals surface area contributed by atoms with Gasteiger partial charge in [0, 0.05) is 16.5 Å². The van der Waals surface area contributed by atoms with Crippen molar-refractivity contribution >= 4 is 0 Å². The van der Waals surface area contributed by atoms with Crippen LogP contribution in [0.2, 0.25) is 0 Å². The third-order valence-corrected chi connectivity index (χ3v) is 6.74. The third kappa shape index (κ3) is 4.76. The molecule has 0 aromatic rings. The van der Waals surface area contributed by atoms with Crippen LogP contribution < -0.4 is 0 Å². The van der Waals surface area contributed by atoms with Gasteiger partial charge in [-0.15, -0.1) is 0 Å². The van der Waals surface area contributed by atoms with E-state index in [1.807, 2.05) is 0 Å². The molecule has 0 amide bonds. The summed E-state index contributed by atoms with van der Waals surface area (Å²) in [4.78, 5) is 0. The third-order valence-electron chi connectivity index (χ3n) is 6.74. The maximum Gasteiger partial charge on any atom is 0 e. The monoisotopic (exact) mass is 310 g/mol. The van der Waals surface area contributed by atoms with Crippen LogP contribution in [-0.2, 0) is 16.5 Å². The quantitative estimate of drug-likeness (QED) is 0.491. The first-order valence-corrected chi connectivity index (χ1v) is 8.25. The van der Waals surface area contributed by atoms with Crippen LogP contribution in [0.4, 0.5) is 0 Å². The van der Waals surface area contributed by atoms with Gasteiger partial charge in [-0.3, -0.25) is 0 Å². The van der Waals surface area contributed by atoms with E-state index in [1.54, 1.807) is 0 Å². The Kier molecular flexibility index (Phi) is 8.27. The summed E-state index contributed by atoms with van der Waals surface area (Å²) in [6.07, 6.45) is 2.89. The van der Waals surface area contributed by atoms with Gasteiger partial charge in [-0.1, -0.05) is 55.4 Å². The van der Waals surface area contributed by atoms with Gasteiger partial charge >= 0.3 is 0 Å². The molecule has 2 rings (SSSR count). The molecular weight excluding hydrogens is 275 g/mol. The SMILES string of the molecule is CC1CC(C)C(C)C1C.CC1CC(C)C(C)C1C.[Ni]. The van der Waals surface area contributed by atoms with Crippen molar-refractivity contribution in [1.29, 1.82) is 0 Å². The van der Waals surface area contributed by atoms with Gasteiger partial charge in [-0.25, -0.2) is 0 Å². The van der Waals surface area contributed by atoms with Crippen LogP contribution in [0.25, 0.3) is 0 Å². The van der Waals surface area contributed by atoms with Crippen LogP contribution in [0.5, 0.6) is 0 Å². The number of hydrogen-bond acceptors (Lipinski definition) is 0. The Labute approximate surface area is 132 Å². The zero-order chi connectivity index (χ0) is 14.0. The van der Waals surface area contributed by atoms with E-state index < -0.39 is 0 Å². The number of hydrogen-bond donors (Lipinski definition) is 0. The summed E-state index contributed by atoms with van der Waals surface area (Å²) in [6, 6.07) is 0. The van der Waals surface area contributed by atoms with E-state index in [2.05, 4.69) is 55.4 Å². The molecule has 0 N–H and O–H groups in total. The van der Waals surface area contributed by atoms with Crippen LogP contribution in [-0.4, -0.2) is 0 Å². The van der Waals surface area contributed by atoms with Gasteiger partial charge in [0.05, 0.1) is 0 Å². The van der Waals surface area contributed by atoms with Gasteiger partial charge in [0.15, 0.2) is 0 Å². The predicted molar refractivity (Wildman–Crippen MR) is 82.5 cm³/mol. The molecule has 0 aromatic heterocycles. The predicted octanol–water partition coefficient (Wildman–Crippen LogP) is 5.87. The molecule has 0 aromatic carbocycles. The van der Waals surface area contributed by atoms with Gasteiger partial charge in [0.25, 0.3) is 0 Å². The normalized spacial score (nSPS) is 49.3. The van der Waals surface area contributed by atoms with Crippen molar-refractivity contribution in [2.24, 2.45) is 47.3 Å². The maximum atomic E-state index is 2.39. The van der Waals surface area contributed by atoms with Crippen LogP contribution >= 0.6 is 0 Å². The Balaban J connectivity index is 0.000000324. The van der Waals surface area contributed by atoms with Gasteiger partial charge in [-0.05, 0) is 60.2 Å². The smallest absolute Gasteiger partial charge is 0 e. The van der Waals surface area contributed by atoms with Crippen LogP contribution in [0.3, 0.4) is 0 Å². The van der Waals surface area contributed by atoms with Gasteiger partial charge in [0.2, 0.25) is 0 Å². The number of rotatable bonds is 0. The van der Waals surface area contributed by atoms with Gasteiger partial charge in [0.1, 0.15) is 0 Å². The average molecular weight is 311 g/mol. The Bertz CT molecular complexity index is 200. The second-order valence-corrected chi connectivity index (χ2v) is 7.82. The zero-order valence-corrected chi connectivity index (χ0v) is 15.3. The molecule has 0 spiro atoms. The molecule has 2 saturated carbocycles. The topological polar surface area (TPSA) is 0 Å². The van der Waals surface area contributed by atoms with Crippen molar-refractivity contribution in [1.82, 2.24) is 0 Å². The molecule has 0 bridgehead atoms. The van der Waals surface area contributed by atoms with Crippen LogP contribution in [0.15, 0.2) is 0 Å². The fourth-order valence-electron chi connectivity index (χ4n) is 4.10. The van der Waals surface area contributed by atoms with Crippen molar-refractivity contribution in [3.8, 4) is 0 Å². The molecule has 0 heterocycles. The Hall–Kier alpha value is 0.494. The summed E-state index contributed by atoms with van der Waals surface area (Å²) in [5.74, 6) is 7.70. The standard InChI is InChI=1S/2C9H18.Ni/c2*1-6-5-7(2)9(4)8(6)3;/h2*6-9H,5H2,1-4H3;. The van der Waals surface area contributed by atoms with E-state index in [4.69, 9.17) is 0 Å². The molecular formula is C18H36Ni. The van der Waals surface area contributed by atoms with Crippen molar-refractivity contribution in [3.05, 3.63) is 0 Å². The molecule has 19 heavy (non-hydrogen) atoms. The van der Waals surface area contributed by atoms with Crippen molar-refractivity contribution in [2.45, 2.75) is 68.2 Å². The van der Waals surface area contributed by atoms with E-state index in [1.165, 1.54) is 12.8 Å². The van der Waals surface area contributed by atoms with E-state index in [0.29, 0.717) is 0 Å². The first kappa shape index (κ1) is 19.5. The molecule has 0 nitrogen and oxygen atoms in total. The molecule has 2 aliphatic carbocycles. The molecule has 1 heteroatoms. The fourth-order valence-corrected chi connectivity index (χ4v) is 4.10. The molecule has 0 radical (unpaired) electrons. The molecule has 8 atom stereocenters. The minimum atomic E-state index is 0. The molecule has 0 saturated heterocycles. The summed E-state index contributed by atoms with van der Waals surface area (Å²) in [7, 11) is 0. The molecule has 2 fully saturated rings. The van der Waals surface area contributed by atoms with Crippen molar-refractivity contribution < 1.29 is 16.5 Å². The van der Waals surface area contributed by atoms with Crippen LogP contribution in [0, 0.1) is 47.3 Å². The minimum absolute atomic E-state index is 0. The van der Waals surface area contributed by atoms with E-state index in [-0.39, 0.29) is 16.5 Å². The second kappa shape index (κ2) is 8.06. The first-order chi connectivity index (χ1) is 8.25. The summed E-state index contributed by atoms with van der Waals surface area (Å²) < 4.78 is 0. The fraction of sp³-hybridized carbons (Fsp3) is 1.00. The van der Waals surface area contributed by atoms with E-state index in [9.17, 15) is 0 Å². The molecule has 2 aliphatic rings. The average Bonchev–Trinajstić information content (AvgIpc) is 2.66. The Morgan fingerprint density at radius 3 is 0.632 bits per heavy atom. The van der Waals surface area contributed by atoms with E-state index in [0.717, 1.165) is 47.3 Å². The van der Waals surface area contributed by atoms with Gasteiger partial charge in [-0.2, -0.15) is 0 Å². The molecule has 118 valence electrons. The largest absolute Gasteiger partial charge is 0.0622 e. The van der Waals surface area contributed by atoms with Crippen molar-refractivity contribution in [2.75, 3.05) is 0 Å². The zero-order valence-electron chi connectivity index (χ0n) is 14.3. The van der Waals surface area contributed by atoms with E-state index >= 15 is 0 Å². The second-order valence-electron chi connectivity index (χ2n) is 7.82. The maximum absolute atomic E-state index is 2.39. The summed E-state index contributed by atoms with van der Waals surface area (Å²) in [6.45, 7) is 19.1. The Morgan fingerprint density at radius 2 is 0.579 bits per heavy atom. The first-order valence-electron chi connectivity index (χ1n) is 8.25. The summed E-state index contributed by atoms with van der Waals surface area (Å²) in [5.41, 5.74) is 0. The van der Waals surface area contributed by atoms with Crippen molar-refractivity contribution in [3.63, 3.8) is 0 Å². The molecule has 8 unspecified atom stereocenters. The van der Waals surface area contributed by atoms with Crippen LogP contribution in [0.1, 0.15) is 68.2 Å². The minimum Gasteiger partial charge on any atom is -0.0622 e.